The van der Waals surface area contributed by atoms with Crippen LogP contribution in [-0.4, -0.2) is 35.5 Å². The van der Waals surface area contributed by atoms with Gasteiger partial charge in [0.2, 0.25) is 5.89 Å². The first-order valence-electron chi connectivity index (χ1n) is 8.73. The van der Waals surface area contributed by atoms with E-state index in [9.17, 15) is 9.50 Å². The van der Waals surface area contributed by atoms with E-state index >= 15 is 0 Å². The van der Waals surface area contributed by atoms with Crippen LogP contribution in [-0.2, 0) is 6.42 Å². The van der Waals surface area contributed by atoms with Gasteiger partial charge in [-0.05, 0) is 29.8 Å². The third-order valence-electron chi connectivity index (χ3n) is 4.44. The lowest BCUT2D eigenvalue weighted by molar-refractivity contribution is 0.471. The molecule has 0 saturated heterocycles. The van der Waals surface area contributed by atoms with Gasteiger partial charge in [0.15, 0.2) is 11.4 Å². The Morgan fingerprint density at radius 2 is 1.93 bits per heavy atom. The zero-order valence-corrected chi connectivity index (χ0v) is 14.9. The zero-order chi connectivity index (χ0) is 19.8. The molecule has 0 fully saturated rings. The fourth-order valence-corrected chi connectivity index (χ4v) is 3.07. The second kappa shape index (κ2) is 6.79. The lowest BCUT2D eigenvalue weighted by atomic mass is 10.1. The number of aromatic hydroxyl groups is 1. The lowest BCUT2D eigenvalue weighted by Gasteiger charge is -2.08. The number of benzene rings is 1. The van der Waals surface area contributed by atoms with Gasteiger partial charge in [0, 0.05) is 23.3 Å². The van der Waals surface area contributed by atoms with E-state index in [1.165, 1.54) is 12.1 Å². The Bertz CT molecular complexity index is 1300. The number of aromatic amines is 1. The van der Waals surface area contributed by atoms with Crippen LogP contribution in [0.5, 0.6) is 5.75 Å². The van der Waals surface area contributed by atoms with E-state index in [4.69, 9.17) is 4.42 Å². The predicted molar refractivity (Wildman–Crippen MR) is 101 cm³/mol. The van der Waals surface area contributed by atoms with E-state index in [-0.39, 0.29) is 23.2 Å². The summed E-state index contributed by atoms with van der Waals surface area (Å²) in [7, 11) is 0. The molecule has 9 heteroatoms. The highest BCUT2D eigenvalue weighted by molar-refractivity contribution is 5.98. The maximum absolute atomic E-state index is 13.1. The van der Waals surface area contributed by atoms with Crippen LogP contribution in [0, 0.1) is 5.82 Å². The second-order valence-corrected chi connectivity index (χ2v) is 6.35. The third-order valence-corrected chi connectivity index (χ3v) is 4.44. The van der Waals surface area contributed by atoms with Crippen molar-refractivity contribution in [1.29, 1.82) is 0 Å². The number of hydrogen-bond acceptors (Lipinski definition) is 7. The maximum atomic E-state index is 13.1. The Kier molecular flexibility index (Phi) is 3.98. The van der Waals surface area contributed by atoms with Crippen molar-refractivity contribution in [2.45, 2.75) is 6.42 Å². The van der Waals surface area contributed by atoms with E-state index in [1.807, 2.05) is 6.07 Å². The number of aromatic nitrogens is 6. The van der Waals surface area contributed by atoms with E-state index in [0.29, 0.717) is 28.9 Å². The summed E-state index contributed by atoms with van der Waals surface area (Å²) < 4.78 is 18.8. The molecule has 0 bridgehead atoms. The number of hydrogen-bond donors (Lipinski definition) is 2. The average Bonchev–Trinajstić information content (AvgIpc) is 3.43. The predicted octanol–water partition coefficient (Wildman–Crippen LogP) is 3.51. The van der Waals surface area contributed by atoms with Gasteiger partial charge in [0.05, 0.1) is 18.3 Å². The first-order chi connectivity index (χ1) is 14.2. The summed E-state index contributed by atoms with van der Waals surface area (Å²) in [4.78, 5) is 8.82. The van der Waals surface area contributed by atoms with Crippen molar-refractivity contribution in [1.82, 2.24) is 30.4 Å². The molecule has 0 saturated carbocycles. The molecule has 0 aliphatic carbocycles. The van der Waals surface area contributed by atoms with Crippen molar-refractivity contribution in [3.05, 3.63) is 72.3 Å². The molecule has 1 aromatic carbocycles. The molecule has 0 atom stereocenters. The quantitative estimate of drug-likeness (QED) is 0.484. The van der Waals surface area contributed by atoms with Crippen molar-refractivity contribution >= 4 is 10.9 Å². The molecule has 0 radical (unpaired) electrons. The van der Waals surface area contributed by atoms with Crippen LogP contribution in [0.2, 0.25) is 0 Å². The van der Waals surface area contributed by atoms with Crippen LogP contribution < -0.4 is 0 Å². The fourth-order valence-electron chi connectivity index (χ4n) is 3.07. The van der Waals surface area contributed by atoms with E-state index in [2.05, 4.69) is 30.4 Å². The van der Waals surface area contributed by atoms with Gasteiger partial charge in [-0.1, -0.05) is 12.1 Å². The smallest absolute Gasteiger partial charge is 0.270 e. The summed E-state index contributed by atoms with van der Waals surface area (Å²) in [6, 6.07) is 9.60. The minimum absolute atomic E-state index is 0.0666. The third kappa shape index (κ3) is 3.08. The molecule has 0 aliphatic heterocycles. The van der Waals surface area contributed by atoms with Gasteiger partial charge in [-0.2, -0.15) is 5.10 Å². The summed E-state index contributed by atoms with van der Waals surface area (Å²) in [6.07, 6.45) is 5.24. The van der Waals surface area contributed by atoms with Crippen LogP contribution >= 0.6 is 0 Å². The monoisotopic (exact) mass is 388 g/mol. The number of halogens is 1. The van der Waals surface area contributed by atoms with Gasteiger partial charge in [0.25, 0.3) is 5.89 Å². The lowest BCUT2D eigenvalue weighted by Crippen LogP contribution is -1.93. The Balaban J connectivity index is 1.59. The van der Waals surface area contributed by atoms with Gasteiger partial charge in [-0.15, -0.1) is 10.2 Å². The molecule has 29 heavy (non-hydrogen) atoms. The van der Waals surface area contributed by atoms with Crippen LogP contribution in [0.4, 0.5) is 4.39 Å². The molecule has 0 spiro atoms. The van der Waals surface area contributed by atoms with Crippen molar-refractivity contribution in [3.8, 4) is 28.6 Å². The molecule has 0 unspecified atom stereocenters. The van der Waals surface area contributed by atoms with Crippen molar-refractivity contribution in [2.24, 2.45) is 0 Å². The number of nitrogens with zero attached hydrogens (tertiary/aromatic N) is 5. The summed E-state index contributed by atoms with van der Waals surface area (Å²) in [5.74, 6) is -0.0787. The Labute approximate surface area is 163 Å². The molecule has 4 heterocycles. The number of H-pyrrole nitrogens is 1. The van der Waals surface area contributed by atoms with Crippen LogP contribution in [0.15, 0.2) is 59.4 Å². The minimum Gasteiger partial charge on any atom is -0.504 e. The zero-order valence-electron chi connectivity index (χ0n) is 14.9. The van der Waals surface area contributed by atoms with E-state index in [0.717, 1.165) is 11.1 Å². The molecular formula is C20H13FN6O2. The average molecular weight is 388 g/mol. The minimum atomic E-state index is -0.315. The summed E-state index contributed by atoms with van der Waals surface area (Å²) in [6.45, 7) is 0. The Morgan fingerprint density at radius 3 is 2.72 bits per heavy atom. The summed E-state index contributed by atoms with van der Waals surface area (Å²) in [5.41, 5.74) is 2.62. The molecule has 4 aromatic heterocycles. The Morgan fingerprint density at radius 1 is 1.07 bits per heavy atom. The highest BCUT2D eigenvalue weighted by Crippen LogP contribution is 2.37. The van der Waals surface area contributed by atoms with Crippen LogP contribution in [0.3, 0.4) is 0 Å². The standard InChI is InChI=1S/C20H13FN6O2/c21-13-5-3-11(4-6-13)8-15-26-27-20(29-15)18-19(28)17-14(2-1-7-22-17)16(25-18)12-9-23-24-10-12/h1-7,9-10,28H,8H2,(H,23,24). The number of rotatable bonds is 4. The number of nitrogens with one attached hydrogen (secondary N) is 1. The number of pyridine rings is 2. The molecule has 0 aliphatic rings. The summed E-state index contributed by atoms with van der Waals surface area (Å²) in [5, 5.41) is 26.2. The first kappa shape index (κ1) is 17.0. The van der Waals surface area contributed by atoms with Crippen LogP contribution in [0.25, 0.3) is 33.7 Å². The van der Waals surface area contributed by atoms with Gasteiger partial charge >= 0.3 is 0 Å². The molecule has 5 rings (SSSR count). The highest BCUT2D eigenvalue weighted by Gasteiger charge is 2.21. The largest absolute Gasteiger partial charge is 0.504 e. The molecule has 8 nitrogen and oxygen atoms in total. The van der Waals surface area contributed by atoms with Crippen LogP contribution in [0.1, 0.15) is 11.5 Å². The highest BCUT2D eigenvalue weighted by atomic mass is 19.1. The number of fused-ring (bicyclic) bond motifs is 1. The first-order valence-corrected chi connectivity index (χ1v) is 8.73. The molecule has 0 amide bonds. The topological polar surface area (TPSA) is 114 Å². The van der Waals surface area contributed by atoms with Gasteiger partial charge in [-0.3, -0.25) is 10.1 Å². The van der Waals surface area contributed by atoms with Gasteiger partial charge in [-0.25, -0.2) is 9.37 Å². The van der Waals surface area contributed by atoms with Crippen molar-refractivity contribution < 1.29 is 13.9 Å². The van der Waals surface area contributed by atoms with Crippen molar-refractivity contribution in [3.63, 3.8) is 0 Å². The van der Waals surface area contributed by atoms with E-state index < -0.39 is 0 Å². The Hall–Kier alpha value is -4.14. The maximum Gasteiger partial charge on any atom is 0.270 e. The van der Waals surface area contributed by atoms with Gasteiger partial charge < -0.3 is 9.52 Å². The van der Waals surface area contributed by atoms with Gasteiger partial charge in [0.1, 0.15) is 11.3 Å². The van der Waals surface area contributed by atoms with E-state index in [1.54, 1.807) is 36.8 Å². The summed E-state index contributed by atoms with van der Waals surface area (Å²) >= 11 is 0. The fraction of sp³-hybridized carbons (Fsp3) is 0.0500. The SMILES string of the molecule is Oc1c(-c2nnc(Cc3ccc(F)cc3)o2)nc(-c2cn[nH]c2)c2cccnc12. The second-order valence-electron chi connectivity index (χ2n) is 6.35. The molecule has 142 valence electrons. The molecule has 2 N–H and O–H groups in total. The molecular weight excluding hydrogens is 375 g/mol. The molecule has 5 aromatic rings. The van der Waals surface area contributed by atoms with Crippen molar-refractivity contribution in [2.75, 3.05) is 0 Å². The normalized spacial score (nSPS) is 11.2.